The predicted octanol–water partition coefficient (Wildman–Crippen LogP) is 4.57. The third-order valence-electron chi connectivity index (χ3n) is 4.44. The van der Waals surface area contributed by atoms with E-state index < -0.39 is 17.5 Å². The van der Waals surface area contributed by atoms with Crippen LogP contribution in [0, 0.1) is 0 Å². The number of amides is 1. The van der Waals surface area contributed by atoms with Gasteiger partial charge in [0.15, 0.2) is 10.7 Å². The number of hydrogen-bond acceptors (Lipinski definition) is 5. The van der Waals surface area contributed by atoms with Crippen molar-refractivity contribution < 1.29 is 14.3 Å². The summed E-state index contributed by atoms with van der Waals surface area (Å²) in [6.45, 7) is 1.61. The standard InChI is InChI=1S/C20H15ClN2O3S/c1-20(10-12-6-2-3-7-13(12)17(24)26-20)18(25)23-19-22-16(11-27-19)14-8-4-5-9-15(14)21/h2-9,11H,10H2,1H3,(H,22,23,25). The zero-order valence-corrected chi connectivity index (χ0v) is 15.9. The van der Waals surface area contributed by atoms with Gasteiger partial charge < -0.3 is 4.74 Å². The smallest absolute Gasteiger partial charge is 0.339 e. The number of benzene rings is 2. The maximum absolute atomic E-state index is 12.8. The lowest BCUT2D eigenvalue weighted by atomic mass is 9.89. The molecule has 1 atom stereocenters. The molecule has 0 fully saturated rings. The molecule has 27 heavy (non-hydrogen) atoms. The van der Waals surface area contributed by atoms with Crippen LogP contribution in [-0.4, -0.2) is 22.5 Å². The van der Waals surface area contributed by atoms with Crippen molar-refractivity contribution in [2.75, 3.05) is 5.32 Å². The molecule has 1 aromatic heterocycles. The van der Waals surface area contributed by atoms with Crippen molar-refractivity contribution in [2.45, 2.75) is 18.9 Å². The predicted molar refractivity (Wildman–Crippen MR) is 105 cm³/mol. The van der Waals surface area contributed by atoms with E-state index in [-0.39, 0.29) is 0 Å². The van der Waals surface area contributed by atoms with Gasteiger partial charge in [0.25, 0.3) is 5.91 Å². The van der Waals surface area contributed by atoms with Crippen molar-refractivity contribution in [3.63, 3.8) is 0 Å². The van der Waals surface area contributed by atoms with Crippen LogP contribution in [0.15, 0.2) is 53.9 Å². The highest BCUT2D eigenvalue weighted by molar-refractivity contribution is 7.14. The van der Waals surface area contributed by atoms with Gasteiger partial charge >= 0.3 is 5.97 Å². The number of fused-ring (bicyclic) bond motifs is 1. The molecule has 0 bridgehead atoms. The van der Waals surface area contributed by atoms with Crippen LogP contribution >= 0.6 is 22.9 Å². The maximum Gasteiger partial charge on any atom is 0.339 e. The first kappa shape index (κ1) is 17.7. The molecular formula is C20H15ClN2O3S. The minimum atomic E-state index is -1.29. The third kappa shape index (κ3) is 3.34. The Morgan fingerprint density at radius 2 is 1.89 bits per heavy atom. The number of thiazole rings is 1. The number of nitrogens with one attached hydrogen (secondary N) is 1. The first-order valence-electron chi connectivity index (χ1n) is 8.29. The quantitative estimate of drug-likeness (QED) is 0.656. The number of carbonyl (C=O) groups is 2. The normalized spacial score (nSPS) is 18.5. The third-order valence-corrected chi connectivity index (χ3v) is 5.53. The monoisotopic (exact) mass is 398 g/mol. The number of ether oxygens (including phenoxy) is 1. The lowest BCUT2D eigenvalue weighted by Crippen LogP contribution is -2.48. The Kier molecular flexibility index (Phi) is 4.45. The van der Waals surface area contributed by atoms with Crippen molar-refractivity contribution in [3.05, 3.63) is 70.1 Å². The summed E-state index contributed by atoms with van der Waals surface area (Å²) in [5.41, 5.74) is 1.47. The maximum atomic E-state index is 12.8. The van der Waals surface area contributed by atoms with Gasteiger partial charge in [-0.25, -0.2) is 9.78 Å². The Labute approximate surface area is 165 Å². The average Bonchev–Trinajstić information content (AvgIpc) is 3.10. The molecule has 1 aliphatic rings. The van der Waals surface area contributed by atoms with Gasteiger partial charge in [-0.05, 0) is 24.6 Å². The molecule has 1 aliphatic heterocycles. The zero-order valence-electron chi connectivity index (χ0n) is 14.4. The van der Waals surface area contributed by atoms with Gasteiger partial charge in [-0.15, -0.1) is 11.3 Å². The van der Waals surface area contributed by atoms with Gasteiger partial charge in [0.1, 0.15) is 0 Å². The summed E-state index contributed by atoms with van der Waals surface area (Å²) < 4.78 is 5.45. The van der Waals surface area contributed by atoms with E-state index in [1.54, 1.807) is 25.1 Å². The summed E-state index contributed by atoms with van der Waals surface area (Å²) in [7, 11) is 0. The van der Waals surface area contributed by atoms with Crippen molar-refractivity contribution in [3.8, 4) is 11.3 Å². The molecular weight excluding hydrogens is 384 g/mol. The van der Waals surface area contributed by atoms with Gasteiger partial charge in [-0.3, -0.25) is 10.1 Å². The van der Waals surface area contributed by atoms with Crippen molar-refractivity contribution in [2.24, 2.45) is 0 Å². The van der Waals surface area contributed by atoms with Crippen LogP contribution in [-0.2, 0) is 16.0 Å². The first-order valence-corrected chi connectivity index (χ1v) is 9.55. The number of halogens is 1. The molecule has 0 spiro atoms. The van der Waals surface area contributed by atoms with Crippen LogP contribution in [0.1, 0.15) is 22.8 Å². The van der Waals surface area contributed by atoms with E-state index in [2.05, 4.69) is 10.3 Å². The number of esters is 1. The molecule has 0 saturated carbocycles. The highest BCUT2D eigenvalue weighted by Gasteiger charge is 2.42. The van der Waals surface area contributed by atoms with Gasteiger partial charge in [-0.1, -0.05) is 48.0 Å². The van der Waals surface area contributed by atoms with E-state index in [4.69, 9.17) is 16.3 Å². The fraction of sp³-hybridized carbons (Fsp3) is 0.150. The number of hydrogen-bond donors (Lipinski definition) is 1. The zero-order chi connectivity index (χ0) is 19.0. The summed E-state index contributed by atoms with van der Waals surface area (Å²) in [6.07, 6.45) is 0.309. The van der Waals surface area contributed by atoms with Crippen molar-refractivity contribution >= 4 is 39.9 Å². The minimum absolute atomic E-state index is 0.309. The molecule has 2 aromatic carbocycles. The van der Waals surface area contributed by atoms with Crippen LogP contribution in [0.25, 0.3) is 11.3 Å². The molecule has 4 rings (SSSR count). The molecule has 0 saturated heterocycles. The molecule has 3 aromatic rings. The largest absolute Gasteiger partial charge is 0.445 e. The van der Waals surface area contributed by atoms with E-state index >= 15 is 0 Å². The van der Waals surface area contributed by atoms with E-state index in [0.717, 1.165) is 11.1 Å². The van der Waals surface area contributed by atoms with Crippen LogP contribution in [0.5, 0.6) is 0 Å². The number of anilines is 1. The number of carbonyl (C=O) groups excluding carboxylic acids is 2. The molecule has 7 heteroatoms. The Bertz CT molecular complexity index is 1050. The molecule has 1 N–H and O–H groups in total. The number of cyclic esters (lactones) is 1. The molecule has 0 radical (unpaired) electrons. The van der Waals surface area contributed by atoms with E-state index in [1.807, 2.05) is 35.7 Å². The van der Waals surface area contributed by atoms with Gasteiger partial charge in [0.2, 0.25) is 0 Å². The molecule has 136 valence electrons. The molecule has 5 nitrogen and oxygen atoms in total. The second-order valence-corrected chi connectivity index (χ2v) is 7.69. The van der Waals surface area contributed by atoms with Crippen molar-refractivity contribution in [1.82, 2.24) is 4.98 Å². The van der Waals surface area contributed by atoms with Crippen molar-refractivity contribution in [1.29, 1.82) is 0 Å². The number of nitrogens with zero attached hydrogens (tertiary/aromatic N) is 1. The summed E-state index contributed by atoms with van der Waals surface area (Å²) >= 11 is 7.49. The molecule has 1 unspecified atom stereocenters. The summed E-state index contributed by atoms with van der Waals surface area (Å²) in [5.74, 6) is -0.907. The van der Waals surface area contributed by atoms with Crippen LogP contribution < -0.4 is 5.32 Å². The fourth-order valence-corrected chi connectivity index (χ4v) is 3.95. The Balaban J connectivity index is 1.55. The first-order chi connectivity index (χ1) is 13.0. The lowest BCUT2D eigenvalue weighted by molar-refractivity contribution is -0.134. The second kappa shape index (κ2) is 6.79. The summed E-state index contributed by atoms with van der Waals surface area (Å²) in [6, 6.07) is 14.5. The highest BCUT2D eigenvalue weighted by atomic mass is 35.5. The topological polar surface area (TPSA) is 68.3 Å². The summed E-state index contributed by atoms with van der Waals surface area (Å²) in [5, 5.41) is 5.59. The lowest BCUT2D eigenvalue weighted by Gasteiger charge is -2.32. The van der Waals surface area contributed by atoms with E-state index in [1.165, 1.54) is 11.3 Å². The highest BCUT2D eigenvalue weighted by Crippen LogP contribution is 2.32. The van der Waals surface area contributed by atoms with Gasteiger partial charge in [-0.2, -0.15) is 0 Å². The second-order valence-electron chi connectivity index (χ2n) is 6.43. The van der Waals surface area contributed by atoms with Crippen LogP contribution in [0.4, 0.5) is 5.13 Å². The van der Waals surface area contributed by atoms with Gasteiger partial charge in [0, 0.05) is 22.4 Å². The average molecular weight is 399 g/mol. The summed E-state index contributed by atoms with van der Waals surface area (Å²) in [4.78, 5) is 29.5. The molecule has 1 amide bonds. The van der Waals surface area contributed by atoms with E-state index in [9.17, 15) is 9.59 Å². The number of aromatic nitrogens is 1. The fourth-order valence-electron chi connectivity index (χ4n) is 3.01. The van der Waals surface area contributed by atoms with Gasteiger partial charge in [0.05, 0.1) is 11.3 Å². The Morgan fingerprint density at radius 1 is 1.19 bits per heavy atom. The van der Waals surface area contributed by atoms with Crippen LogP contribution in [0.3, 0.4) is 0 Å². The Hall–Kier alpha value is -2.70. The van der Waals surface area contributed by atoms with Crippen LogP contribution in [0.2, 0.25) is 5.02 Å². The molecule has 0 aliphatic carbocycles. The SMILES string of the molecule is CC1(C(=O)Nc2nc(-c3ccccc3Cl)cs2)Cc2ccccc2C(=O)O1. The molecule has 2 heterocycles. The minimum Gasteiger partial charge on any atom is -0.445 e. The number of rotatable bonds is 3. The Morgan fingerprint density at radius 3 is 2.67 bits per heavy atom. The van der Waals surface area contributed by atoms with E-state index in [0.29, 0.717) is 27.8 Å².